The van der Waals surface area contributed by atoms with Gasteiger partial charge in [-0.2, -0.15) is 5.10 Å². The number of guanidine groups is 1. The van der Waals surface area contributed by atoms with Gasteiger partial charge >= 0.3 is 0 Å². The first-order valence-corrected chi connectivity index (χ1v) is 11.3. The average molecular weight is 442 g/mol. The summed E-state index contributed by atoms with van der Waals surface area (Å²) in [7, 11) is 4.02. The van der Waals surface area contributed by atoms with Gasteiger partial charge in [0.1, 0.15) is 5.82 Å². The van der Waals surface area contributed by atoms with Gasteiger partial charge in [-0.05, 0) is 41.8 Å². The fraction of sp³-hybridized carbons (Fsp3) is 0.269. The maximum Gasteiger partial charge on any atom is 0.191 e. The monoisotopic (exact) mass is 441 g/mol. The maximum atomic E-state index is 4.89. The van der Waals surface area contributed by atoms with Crippen molar-refractivity contribution >= 4 is 22.7 Å². The predicted octanol–water partition coefficient (Wildman–Crippen LogP) is 3.80. The van der Waals surface area contributed by atoms with Crippen LogP contribution in [0.25, 0.3) is 10.9 Å². The summed E-state index contributed by atoms with van der Waals surface area (Å²) in [5.41, 5.74) is 4.60. The lowest BCUT2D eigenvalue weighted by molar-refractivity contribution is 0.677. The highest BCUT2D eigenvalue weighted by Gasteiger charge is 2.08. The summed E-state index contributed by atoms with van der Waals surface area (Å²) in [6.07, 6.45) is 3.79. The number of rotatable bonds is 8. The van der Waals surface area contributed by atoms with Crippen molar-refractivity contribution in [3.8, 4) is 0 Å². The molecule has 0 saturated heterocycles. The number of aromatic nitrogens is 3. The molecule has 0 spiro atoms. The summed E-state index contributed by atoms with van der Waals surface area (Å²) >= 11 is 0. The van der Waals surface area contributed by atoms with E-state index in [1.54, 1.807) is 6.20 Å². The van der Waals surface area contributed by atoms with Crippen molar-refractivity contribution in [3.63, 3.8) is 0 Å². The second-order valence-corrected chi connectivity index (χ2v) is 8.07. The van der Waals surface area contributed by atoms with Crippen LogP contribution in [0.1, 0.15) is 23.6 Å². The van der Waals surface area contributed by atoms with Gasteiger partial charge in [0.2, 0.25) is 0 Å². The molecule has 0 unspecified atom stereocenters. The molecule has 0 radical (unpaired) electrons. The van der Waals surface area contributed by atoms with E-state index in [0.29, 0.717) is 13.1 Å². The molecule has 0 aliphatic rings. The number of fused-ring (bicyclic) bond motifs is 1. The first-order chi connectivity index (χ1) is 16.1. The molecule has 7 nitrogen and oxygen atoms in total. The number of hydrogen-bond acceptors (Lipinski definition) is 4. The van der Waals surface area contributed by atoms with Crippen LogP contribution in [0.5, 0.6) is 0 Å². The van der Waals surface area contributed by atoms with Crippen LogP contribution in [0.15, 0.2) is 78.0 Å². The molecule has 2 aromatic heterocycles. The van der Waals surface area contributed by atoms with Gasteiger partial charge in [0.25, 0.3) is 0 Å². The van der Waals surface area contributed by atoms with Crippen LogP contribution in [-0.2, 0) is 19.6 Å². The number of benzene rings is 2. The number of hydrogen-bond donors (Lipinski definition) is 2. The molecule has 4 aromatic rings. The fourth-order valence-electron chi connectivity index (χ4n) is 3.73. The van der Waals surface area contributed by atoms with Crippen molar-refractivity contribution in [2.75, 3.05) is 25.5 Å². The van der Waals surface area contributed by atoms with E-state index in [4.69, 9.17) is 9.98 Å². The van der Waals surface area contributed by atoms with Crippen LogP contribution in [0.3, 0.4) is 0 Å². The summed E-state index contributed by atoms with van der Waals surface area (Å²) in [6, 6.07) is 20.7. The van der Waals surface area contributed by atoms with Crippen LogP contribution >= 0.6 is 0 Å². The lowest BCUT2D eigenvalue weighted by Gasteiger charge is -2.16. The molecule has 4 rings (SSSR count). The smallest absolute Gasteiger partial charge is 0.191 e. The number of aliphatic imine (C=N–C) groups is 1. The quantitative estimate of drug-likeness (QED) is 0.322. The minimum Gasteiger partial charge on any atom is -0.363 e. The maximum absolute atomic E-state index is 4.89. The molecule has 0 atom stereocenters. The van der Waals surface area contributed by atoms with Gasteiger partial charge in [-0.1, -0.05) is 42.5 Å². The summed E-state index contributed by atoms with van der Waals surface area (Å²) in [6.45, 7) is 4.86. The average Bonchev–Trinajstić information content (AvgIpc) is 3.34. The van der Waals surface area contributed by atoms with Gasteiger partial charge in [0.15, 0.2) is 5.96 Å². The van der Waals surface area contributed by atoms with E-state index in [2.05, 4.69) is 65.1 Å². The third-order valence-corrected chi connectivity index (χ3v) is 5.45. The van der Waals surface area contributed by atoms with E-state index >= 15 is 0 Å². The van der Waals surface area contributed by atoms with E-state index < -0.39 is 0 Å². The molecule has 2 heterocycles. The van der Waals surface area contributed by atoms with Gasteiger partial charge in [-0.3, -0.25) is 4.68 Å². The molecule has 0 aliphatic heterocycles. The molecule has 0 aliphatic carbocycles. The van der Waals surface area contributed by atoms with Crippen molar-refractivity contribution in [2.24, 2.45) is 4.99 Å². The number of nitrogens with zero attached hydrogens (tertiary/aromatic N) is 5. The molecule has 7 heteroatoms. The van der Waals surface area contributed by atoms with Crippen LogP contribution in [0, 0.1) is 0 Å². The van der Waals surface area contributed by atoms with Gasteiger partial charge in [0, 0.05) is 45.0 Å². The number of pyridine rings is 1. The van der Waals surface area contributed by atoms with E-state index in [1.165, 1.54) is 11.1 Å². The Morgan fingerprint density at radius 1 is 0.970 bits per heavy atom. The van der Waals surface area contributed by atoms with Gasteiger partial charge < -0.3 is 15.5 Å². The Hall–Kier alpha value is -3.87. The zero-order valence-corrected chi connectivity index (χ0v) is 19.5. The van der Waals surface area contributed by atoms with Crippen LogP contribution < -0.4 is 15.5 Å². The van der Waals surface area contributed by atoms with E-state index in [1.807, 2.05) is 48.1 Å². The molecule has 2 aromatic carbocycles. The second kappa shape index (κ2) is 10.6. The van der Waals surface area contributed by atoms with Crippen molar-refractivity contribution in [1.82, 2.24) is 25.4 Å². The van der Waals surface area contributed by atoms with Crippen LogP contribution in [0.2, 0.25) is 0 Å². The molecule has 2 N–H and O–H groups in total. The van der Waals surface area contributed by atoms with Gasteiger partial charge in [0.05, 0.1) is 18.6 Å². The highest BCUT2D eigenvalue weighted by atomic mass is 15.3. The molecule has 0 bridgehead atoms. The summed E-state index contributed by atoms with van der Waals surface area (Å²) in [5.74, 6) is 1.73. The SMILES string of the molecule is CCNC(=NCc1cc(N(C)C)nc2ccccc12)NCc1ccccc1Cn1cccn1. The van der Waals surface area contributed by atoms with Gasteiger partial charge in [-0.15, -0.1) is 0 Å². The Kier molecular flexibility index (Phi) is 7.19. The summed E-state index contributed by atoms with van der Waals surface area (Å²) in [5, 5.41) is 12.3. The normalized spacial score (nSPS) is 11.5. The Morgan fingerprint density at radius 3 is 2.52 bits per heavy atom. The van der Waals surface area contributed by atoms with Crippen molar-refractivity contribution in [1.29, 1.82) is 0 Å². The highest BCUT2D eigenvalue weighted by molar-refractivity contribution is 5.85. The molecule has 170 valence electrons. The van der Waals surface area contributed by atoms with Crippen LogP contribution in [0.4, 0.5) is 5.82 Å². The number of para-hydroxylation sites is 1. The molecule has 33 heavy (non-hydrogen) atoms. The van der Waals surface area contributed by atoms with Gasteiger partial charge in [-0.25, -0.2) is 9.98 Å². The number of nitrogens with one attached hydrogen (secondary N) is 2. The Morgan fingerprint density at radius 2 is 1.76 bits per heavy atom. The molecular weight excluding hydrogens is 410 g/mol. The van der Waals surface area contributed by atoms with E-state index in [9.17, 15) is 0 Å². The zero-order valence-electron chi connectivity index (χ0n) is 19.5. The highest BCUT2D eigenvalue weighted by Crippen LogP contribution is 2.22. The largest absolute Gasteiger partial charge is 0.363 e. The topological polar surface area (TPSA) is 70.4 Å². The van der Waals surface area contributed by atoms with Crippen molar-refractivity contribution < 1.29 is 0 Å². The molecule has 0 saturated carbocycles. The Balaban J connectivity index is 1.53. The number of anilines is 1. The first kappa shape index (κ1) is 22.3. The lowest BCUT2D eigenvalue weighted by Crippen LogP contribution is -2.37. The fourth-order valence-corrected chi connectivity index (χ4v) is 3.73. The molecular formula is C26H31N7. The lowest BCUT2D eigenvalue weighted by atomic mass is 10.1. The minimum absolute atomic E-state index is 0.564. The first-order valence-electron chi connectivity index (χ1n) is 11.3. The zero-order chi connectivity index (χ0) is 23.0. The molecule has 0 fully saturated rings. The Labute approximate surface area is 195 Å². The summed E-state index contributed by atoms with van der Waals surface area (Å²) in [4.78, 5) is 11.7. The standard InChI is InChI=1S/C26H31N7/c1-4-27-26(28-17-20-10-5-6-11-21(20)19-33-15-9-14-30-33)29-18-22-16-25(32(2)3)31-24-13-8-7-12-23(22)24/h5-16H,4,17-19H2,1-3H3,(H2,27,28,29). The minimum atomic E-state index is 0.564. The third-order valence-electron chi connectivity index (χ3n) is 5.45. The van der Waals surface area contributed by atoms with Crippen molar-refractivity contribution in [2.45, 2.75) is 26.6 Å². The van der Waals surface area contributed by atoms with Crippen molar-refractivity contribution in [3.05, 3.63) is 89.7 Å². The Bertz CT molecular complexity index is 1210. The summed E-state index contributed by atoms with van der Waals surface area (Å²) < 4.78 is 1.94. The van der Waals surface area contributed by atoms with E-state index in [-0.39, 0.29) is 0 Å². The predicted molar refractivity (Wildman–Crippen MR) is 135 cm³/mol. The van der Waals surface area contributed by atoms with Crippen LogP contribution in [-0.4, -0.2) is 41.4 Å². The third kappa shape index (κ3) is 5.68. The second-order valence-electron chi connectivity index (χ2n) is 8.07. The van der Waals surface area contributed by atoms with E-state index in [0.717, 1.165) is 41.3 Å². The molecule has 0 amide bonds.